The maximum atomic E-state index is 11.0. The Bertz CT molecular complexity index is 719. The van der Waals surface area contributed by atoms with E-state index < -0.39 is 0 Å². The van der Waals surface area contributed by atoms with Crippen LogP contribution in [0.2, 0.25) is 0 Å². The predicted molar refractivity (Wildman–Crippen MR) is 103 cm³/mol. The summed E-state index contributed by atoms with van der Waals surface area (Å²) in [5, 5.41) is 0. The van der Waals surface area contributed by atoms with Crippen LogP contribution >= 0.6 is 0 Å². The second-order valence-corrected chi connectivity index (χ2v) is 8.23. The van der Waals surface area contributed by atoms with E-state index in [0.29, 0.717) is 17.1 Å². The van der Waals surface area contributed by atoms with E-state index in [2.05, 4.69) is 32.9 Å². The van der Waals surface area contributed by atoms with Gasteiger partial charge in [-0.15, -0.1) is 0 Å². The Kier molecular flexibility index (Phi) is 5.27. The van der Waals surface area contributed by atoms with E-state index >= 15 is 0 Å². The third-order valence-electron chi connectivity index (χ3n) is 5.39. The molecule has 0 aromatic heterocycles. The molecular formula is C23H28O2. The lowest BCUT2D eigenvalue weighted by molar-refractivity contribution is 0.0882. The molecule has 2 heteroatoms. The maximum Gasteiger partial charge on any atom is 0.150 e. The summed E-state index contributed by atoms with van der Waals surface area (Å²) < 4.78 is 6.27. The fourth-order valence-electron chi connectivity index (χ4n) is 3.78. The van der Waals surface area contributed by atoms with Gasteiger partial charge in [-0.3, -0.25) is 4.79 Å². The highest BCUT2D eigenvalue weighted by Crippen LogP contribution is 2.39. The van der Waals surface area contributed by atoms with Crippen molar-refractivity contribution >= 4 is 6.29 Å². The van der Waals surface area contributed by atoms with Crippen molar-refractivity contribution in [3.8, 4) is 16.9 Å². The lowest BCUT2D eigenvalue weighted by atomic mass is 9.72. The van der Waals surface area contributed by atoms with Crippen molar-refractivity contribution in [3.63, 3.8) is 0 Å². The lowest BCUT2D eigenvalue weighted by Gasteiger charge is -2.37. The highest BCUT2D eigenvalue weighted by molar-refractivity contribution is 5.79. The van der Waals surface area contributed by atoms with Gasteiger partial charge in [-0.1, -0.05) is 51.1 Å². The number of carbonyl (C=O) groups excluding carboxylic acids is 1. The van der Waals surface area contributed by atoms with Crippen LogP contribution in [0.3, 0.4) is 0 Å². The maximum absolute atomic E-state index is 11.0. The number of rotatable bonds is 4. The van der Waals surface area contributed by atoms with Gasteiger partial charge in [0.2, 0.25) is 0 Å². The third-order valence-corrected chi connectivity index (χ3v) is 5.39. The summed E-state index contributed by atoms with van der Waals surface area (Å²) in [6.45, 7) is 7.03. The van der Waals surface area contributed by atoms with Crippen LogP contribution in [0.4, 0.5) is 0 Å². The summed E-state index contributed by atoms with van der Waals surface area (Å²) in [4.78, 5) is 11.0. The van der Waals surface area contributed by atoms with Crippen LogP contribution in [0.5, 0.6) is 5.75 Å². The van der Waals surface area contributed by atoms with Gasteiger partial charge in [-0.25, -0.2) is 0 Å². The number of ether oxygens (including phenoxy) is 1. The quantitative estimate of drug-likeness (QED) is 0.626. The highest BCUT2D eigenvalue weighted by atomic mass is 16.5. The summed E-state index contributed by atoms with van der Waals surface area (Å²) in [5.74, 6) is 1.72. The molecule has 0 radical (unpaired) electrons. The molecule has 2 aromatic rings. The molecule has 0 saturated heterocycles. The Labute approximate surface area is 151 Å². The van der Waals surface area contributed by atoms with Crippen LogP contribution in [-0.2, 0) is 0 Å². The topological polar surface area (TPSA) is 26.3 Å². The zero-order valence-corrected chi connectivity index (χ0v) is 15.5. The Hall–Kier alpha value is -2.09. The van der Waals surface area contributed by atoms with Crippen molar-refractivity contribution in [2.45, 2.75) is 52.6 Å². The molecule has 0 amide bonds. The molecule has 0 atom stereocenters. The second kappa shape index (κ2) is 7.43. The van der Waals surface area contributed by atoms with E-state index in [1.54, 1.807) is 0 Å². The van der Waals surface area contributed by atoms with Gasteiger partial charge in [0.05, 0.1) is 6.10 Å². The van der Waals surface area contributed by atoms with Gasteiger partial charge in [-0.05, 0) is 66.3 Å². The molecule has 132 valence electrons. The Morgan fingerprint density at radius 1 is 0.920 bits per heavy atom. The number of hydrogen-bond donors (Lipinski definition) is 0. The molecule has 2 nitrogen and oxygen atoms in total. The van der Waals surface area contributed by atoms with Crippen molar-refractivity contribution in [1.29, 1.82) is 0 Å². The van der Waals surface area contributed by atoms with E-state index in [9.17, 15) is 4.79 Å². The fraction of sp³-hybridized carbons (Fsp3) is 0.435. The number of aldehydes is 1. The molecule has 0 spiro atoms. The third kappa shape index (κ3) is 4.50. The Morgan fingerprint density at radius 3 is 2.20 bits per heavy atom. The highest BCUT2D eigenvalue weighted by Gasteiger charge is 2.30. The Balaban J connectivity index is 1.67. The first-order valence-corrected chi connectivity index (χ1v) is 9.28. The van der Waals surface area contributed by atoms with E-state index in [1.165, 1.54) is 12.8 Å². The number of hydrogen-bond acceptors (Lipinski definition) is 2. The minimum Gasteiger partial charge on any atom is -0.490 e. The van der Waals surface area contributed by atoms with Crippen LogP contribution in [0, 0.1) is 11.3 Å². The lowest BCUT2D eigenvalue weighted by Crippen LogP contribution is -2.30. The molecule has 2 aromatic carbocycles. The summed E-state index contributed by atoms with van der Waals surface area (Å²) in [6.07, 6.45) is 5.96. The van der Waals surface area contributed by atoms with Gasteiger partial charge in [0.1, 0.15) is 12.0 Å². The van der Waals surface area contributed by atoms with Crippen LogP contribution in [0.25, 0.3) is 11.1 Å². The van der Waals surface area contributed by atoms with Crippen molar-refractivity contribution in [3.05, 3.63) is 54.1 Å². The average molecular weight is 336 g/mol. The summed E-state index contributed by atoms with van der Waals surface area (Å²) in [5.41, 5.74) is 3.23. The molecule has 0 heterocycles. The van der Waals surface area contributed by atoms with Crippen molar-refractivity contribution < 1.29 is 9.53 Å². The van der Waals surface area contributed by atoms with Gasteiger partial charge in [-0.2, -0.15) is 0 Å². The van der Waals surface area contributed by atoms with E-state index in [4.69, 9.17) is 4.74 Å². The molecule has 0 bridgehead atoms. The van der Waals surface area contributed by atoms with Crippen molar-refractivity contribution in [2.24, 2.45) is 11.3 Å². The Morgan fingerprint density at radius 2 is 1.56 bits per heavy atom. The first kappa shape index (κ1) is 17.7. The van der Waals surface area contributed by atoms with Crippen molar-refractivity contribution in [1.82, 2.24) is 0 Å². The van der Waals surface area contributed by atoms with E-state index in [1.807, 2.05) is 36.4 Å². The van der Waals surface area contributed by atoms with Gasteiger partial charge in [0, 0.05) is 5.56 Å². The molecule has 0 unspecified atom stereocenters. The van der Waals surface area contributed by atoms with Crippen molar-refractivity contribution in [2.75, 3.05) is 0 Å². The molecule has 3 rings (SSSR count). The van der Waals surface area contributed by atoms with E-state index in [0.717, 1.165) is 41.9 Å². The first-order valence-electron chi connectivity index (χ1n) is 9.28. The first-order chi connectivity index (χ1) is 12.0. The van der Waals surface area contributed by atoms with Crippen LogP contribution in [0.1, 0.15) is 56.8 Å². The molecule has 1 fully saturated rings. The predicted octanol–water partition coefficient (Wildman–Crippen LogP) is 6.15. The molecule has 1 aliphatic rings. The average Bonchev–Trinajstić information content (AvgIpc) is 2.62. The van der Waals surface area contributed by atoms with Gasteiger partial charge in [0.15, 0.2) is 0 Å². The fourth-order valence-corrected chi connectivity index (χ4v) is 3.78. The number of benzene rings is 2. The second-order valence-electron chi connectivity index (χ2n) is 8.23. The smallest absolute Gasteiger partial charge is 0.150 e. The summed E-state index contributed by atoms with van der Waals surface area (Å²) >= 11 is 0. The summed E-state index contributed by atoms with van der Waals surface area (Å²) in [7, 11) is 0. The molecule has 1 aliphatic carbocycles. The normalized spacial score (nSPS) is 20.9. The minimum atomic E-state index is 0.315. The molecular weight excluding hydrogens is 308 g/mol. The SMILES string of the molecule is CC(C)(C)C1CCC(Oc2cccc(-c3cccc(C=O)c3)c2)CC1. The molecule has 0 aliphatic heterocycles. The van der Waals surface area contributed by atoms with Gasteiger partial charge < -0.3 is 4.74 Å². The summed E-state index contributed by atoms with van der Waals surface area (Å²) in [6, 6.07) is 15.9. The number of carbonyl (C=O) groups is 1. The molecule has 0 N–H and O–H groups in total. The minimum absolute atomic E-state index is 0.315. The van der Waals surface area contributed by atoms with Crippen LogP contribution in [-0.4, -0.2) is 12.4 Å². The van der Waals surface area contributed by atoms with E-state index in [-0.39, 0.29) is 0 Å². The van der Waals surface area contributed by atoms with Crippen LogP contribution < -0.4 is 4.74 Å². The molecule has 25 heavy (non-hydrogen) atoms. The molecule has 1 saturated carbocycles. The van der Waals surface area contributed by atoms with Gasteiger partial charge in [0.25, 0.3) is 0 Å². The largest absolute Gasteiger partial charge is 0.490 e. The van der Waals surface area contributed by atoms with Crippen LogP contribution in [0.15, 0.2) is 48.5 Å². The zero-order chi connectivity index (χ0) is 17.9. The monoisotopic (exact) mass is 336 g/mol. The zero-order valence-electron chi connectivity index (χ0n) is 15.5. The van der Waals surface area contributed by atoms with Gasteiger partial charge >= 0.3 is 0 Å². The standard InChI is InChI=1S/C23H28O2/c1-23(2,3)20-10-12-21(13-11-20)25-22-9-5-8-19(15-22)18-7-4-6-17(14-18)16-24/h4-9,14-16,20-21H,10-13H2,1-3H3.